The number of halogens is 1. The minimum Gasteiger partial charge on any atom is -0.444 e. The molecule has 7 nitrogen and oxygen atoms in total. The third-order valence-electron chi connectivity index (χ3n) is 3.44. The standard InChI is InChI=1S/C16H35N5O2.HI/c1-15(2,3)23-14(22)19-11-9-10-18-13(17-6)20-12-16(4,5)21(7)8;/h9-12H2,1-8H3,(H,19,22)(H2,17,18,20);1H. The van der Waals surface area contributed by atoms with Crippen molar-refractivity contribution in [2.24, 2.45) is 4.99 Å². The minimum atomic E-state index is -0.465. The summed E-state index contributed by atoms with van der Waals surface area (Å²) in [5.41, 5.74) is -0.427. The Hall–Kier alpha value is -0.770. The van der Waals surface area contributed by atoms with Crippen molar-refractivity contribution >= 4 is 36.0 Å². The summed E-state index contributed by atoms with van der Waals surface area (Å²) in [4.78, 5) is 17.9. The summed E-state index contributed by atoms with van der Waals surface area (Å²) in [7, 11) is 5.86. The van der Waals surface area contributed by atoms with Crippen LogP contribution in [-0.4, -0.2) is 68.9 Å². The van der Waals surface area contributed by atoms with E-state index in [2.05, 4.69) is 53.8 Å². The van der Waals surface area contributed by atoms with Crippen LogP contribution in [0.1, 0.15) is 41.0 Å². The fourth-order valence-electron chi connectivity index (χ4n) is 1.48. The van der Waals surface area contributed by atoms with E-state index in [0.717, 1.165) is 25.5 Å². The second-order valence-corrected chi connectivity index (χ2v) is 7.34. The lowest BCUT2D eigenvalue weighted by Gasteiger charge is -2.33. The van der Waals surface area contributed by atoms with Crippen LogP contribution in [0.4, 0.5) is 4.79 Å². The number of carbonyl (C=O) groups excluding carboxylic acids is 1. The number of nitrogens with one attached hydrogen (secondary N) is 3. The molecule has 0 fully saturated rings. The van der Waals surface area contributed by atoms with Crippen molar-refractivity contribution in [3.8, 4) is 0 Å². The molecule has 0 aliphatic carbocycles. The first-order chi connectivity index (χ1) is 10.5. The van der Waals surface area contributed by atoms with Gasteiger partial charge < -0.3 is 25.6 Å². The van der Waals surface area contributed by atoms with Gasteiger partial charge in [0.15, 0.2) is 5.96 Å². The number of alkyl carbamates (subject to hydrolysis) is 1. The molecular weight excluding hydrogens is 421 g/mol. The van der Waals surface area contributed by atoms with E-state index >= 15 is 0 Å². The lowest BCUT2D eigenvalue weighted by molar-refractivity contribution is 0.0527. The van der Waals surface area contributed by atoms with E-state index in [1.165, 1.54) is 0 Å². The topological polar surface area (TPSA) is 78.0 Å². The first kappa shape index (κ1) is 25.5. The highest BCUT2D eigenvalue weighted by atomic mass is 127. The SMILES string of the molecule is CN=C(NCCCNC(=O)OC(C)(C)C)NCC(C)(C)N(C)C.I. The molecular formula is C16H36IN5O2. The Bertz CT molecular complexity index is 392. The molecule has 8 heteroatoms. The Kier molecular flexibility index (Phi) is 12.4. The van der Waals surface area contributed by atoms with Crippen LogP contribution in [0.5, 0.6) is 0 Å². The van der Waals surface area contributed by atoms with E-state index in [0.29, 0.717) is 6.54 Å². The van der Waals surface area contributed by atoms with E-state index in [1.807, 2.05) is 20.8 Å². The van der Waals surface area contributed by atoms with E-state index in [4.69, 9.17) is 4.74 Å². The molecule has 0 radical (unpaired) electrons. The van der Waals surface area contributed by atoms with Crippen LogP contribution in [0.15, 0.2) is 4.99 Å². The maximum Gasteiger partial charge on any atom is 0.407 e. The molecule has 0 bridgehead atoms. The smallest absolute Gasteiger partial charge is 0.407 e. The number of hydrogen-bond donors (Lipinski definition) is 3. The van der Waals surface area contributed by atoms with E-state index in [-0.39, 0.29) is 35.6 Å². The largest absolute Gasteiger partial charge is 0.444 e. The van der Waals surface area contributed by atoms with Gasteiger partial charge >= 0.3 is 6.09 Å². The van der Waals surface area contributed by atoms with Crippen LogP contribution < -0.4 is 16.0 Å². The van der Waals surface area contributed by atoms with Gasteiger partial charge in [-0.25, -0.2) is 4.79 Å². The zero-order chi connectivity index (χ0) is 18.1. The summed E-state index contributed by atoms with van der Waals surface area (Å²) < 4.78 is 5.17. The Balaban J connectivity index is 0. The van der Waals surface area contributed by atoms with Crippen LogP contribution in [0, 0.1) is 0 Å². The molecule has 0 spiro atoms. The average molecular weight is 457 g/mol. The average Bonchev–Trinajstić information content (AvgIpc) is 2.39. The van der Waals surface area contributed by atoms with Crippen LogP contribution in [0.2, 0.25) is 0 Å². The molecule has 0 aromatic rings. The van der Waals surface area contributed by atoms with Gasteiger partial charge in [0.25, 0.3) is 0 Å². The summed E-state index contributed by atoms with van der Waals surface area (Å²) in [5.74, 6) is 0.761. The Morgan fingerprint density at radius 3 is 2.04 bits per heavy atom. The van der Waals surface area contributed by atoms with E-state index in [9.17, 15) is 4.79 Å². The molecule has 0 aliphatic rings. The van der Waals surface area contributed by atoms with Crippen molar-refractivity contribution in [2.75, 3.05) is 40.8 Å². The molecule has 0 heterocycles. The summed E-state index contributed by atoms with van der Waals surface area (Å²) in [5, 5.41) is 9.27. The van der Waals surface area contributed by atoms with E-state index < -0.39 is 5.60 Å². The fraction of sp³-hybridized carbons (Fsp3) is 0.875. The van der Waals surface area contributed by atoms with Crippen molar-refractivity contribution in [2.45, 2.75) is 52.2 Å². The van der Waals surface area contributed by atoms with Gasteiger partial charge in [-0.3, -0.25) is 4.99 Å². The van der Waals surface area contributed by atoms with Gasteiger partial charge in [0.05, 0.1) is 0 Å². The van der Waals surface area contributed by atoms with Crippen LogP contribution in [0.3, 0.4) is 0 Å². The fourth-order valence-corrected chi connectivity index (χ4v) is 1.48. The monoisotopic (exact) mass is 457 g/mol. The Labute approximate surface area is 164 Å². The molecule has 1 amide bonds. The molecule has 0 aromatic heterocycles. The third kappa shape index (κ3) is 12.6. The van der Waals surface area contributed by atoms with Gasteiger partial charge in [-0.2, -0.15) is 0 Å². The molecule has 24 heavy (non-hydrogen) atoms. The van der Waals surface area contributed by atoms with Crippen molar-refractivity contribution in [1.82, 2.24) is 20.9 Å². The molecule has 0 aliphatic heterocycles. The number of guanidine groups is 1. The van der Waals surface area contributed by atoms with E-state index in [1.54, 1.807) is 7.05 Å². The number of carbonyl (C=O) groups is 1. The summed E-state index contributed by atoms with van der Waals surface area (Å²) >= 11 is 0. The maximum atomic E-state index is 11.5. The van der Waals surface area contributed by atoms with Crippen LogP contribution in [0.25, 0.3) is 0 Å². The maximum absolute atomic E-state index is 11.5. The Morgan fingerprint density at radius 1 is 1.04 bits per heavy atom. The van der Waals surface area contributed by atoms with Crippen molar-refractivity contribution in [3.05, 3.63) is 0 Å². The van der Waals surface area contributed by atoms with Gasteiger partial charge in [0.1, 0.15) is 5.60 Å². The van der Waals surface area contributed by atoms with Gasteiger partial charge in [-0.05, 0) is 55.1 Å². The molecule has 0 saturated heterocycles. The molecule has 144 valence electrons. The second kappa shape index (κ2) is 11.7. The number of ether oxygens (including phenoxy) is 1. The van der Waals surface area contributed by atoms with Gasteiger partial charge in [0, 0.05) is 32.2 Å². The van der Waals surface area contributed by atoms with Crippen molar-refractivity contribution < 1.29 is 9.53 Å². The number of amides is 1. The molecule has 0 atom stereocenters. The summed E-state index contributed by atoms with van der Waals surface area (Å²) in [6, 6.07) is 0. The zero-order valence-corrected chi connectivity index (χ0v) is 18.8. The number of nitrogens with zero attached hydrogens (tertiary/aromatic N) is 2. The van der Waals surface area contributed by atoms with Crippen molar-refractivity contribution in [3.63, 3.8) is 0 Å². The second-order valence-electron chi connectivity index (χ2n) is 7.34. The summed E-state index contributed by atoms with van der Waals surface area (Å²) in [6.07, 6.45) is 0.407. The van der Waals surface area contributed by atoms with Crippen LogP contribution >= 0.6 is 24.0 Å². The third-order valence-corrected chi connectivity index (χ3v) is 3.44. The summed E-state index contributed by atoms with van der Waals surface area (Å²) in [6.45, 7) is 11.9. The number of aliphatic imine (C=N–C) groups is 1. The van der Waals surface area contributed by atoms with Crippen LogP contribution in [-0.2, 0) is 4.74 Å². The molecule has 0 saturated carbocycles. The highest BCUT2D eigenvalue weighted by Crippen LogP contribution is 2.07. The number of rotatable bonds is 7. The first-order valence-corrected chi connectivity index (χ1v) is 8.07. The Morgan fingerprint density at radius 2 is 1.58 bits per heavy atom. The quantitative estimate of drug-likeness (QED) is 0.236. The minimum absolute atomic E-state index is 0. The predicted octanol–water partition coefficient (Wildman–Crippen LogP) is 2.02. The van der Waals surface area contributed by atoms with Gasteiger partial charge in [-0.15, -0.1) is 24.0 Å². The molecule has 0 unspecified atom stereocenters. The first-order valence-electron chi connectivity index (χ1n) is 8.07. The highest BCUT2D eigenvalue weighted by Gasteiger charge is 2.20. The molecule has 0 aromatic carbocycles. The van der Waals surface area contributed by atoms with Gasteiger partial charge in [-0.1, -0.05) is 0 Å². The van der Waals surface area contributed by atoms with Gasteiger partial charge in [0.2, 0.25) is 0 Å². The predicted molar refractivity (Wildman–Crippen MR) is 111 cm³/mol. The highest BCUT2D eigenvalue weighted by molar-refractivity contribution is 14.0. The zero-order valence-electron chi connectivity index (χ0n) is 16.4. The lowest BCUT2D eigenvalue weighted by atomic mass is 10.0. The number of likely N-dealkylation sites (N-methyl/N-ethyl adjacent to an activating group) is 1. The number of hydrogen-bond acceptors (Lipinski definition) is 4. The molecule has 3 N–H and O–H groups in total. The normalized spacial score (nSPS) is 12.5. The lowest BCUT2D eigenvalue weighted by Crippen LogP contribution is -2.51. The van der Waals surface area contributed by atoms with Crippen molar-refractivity contribution in [1.29, 1.82) is 0 Å². The molecule has 0 rings (SSSR count).